The molecule has 0 saturated carbocycles. The number of hydrogen-bond donors (Lipinski definition) is 3. The molecule has 0 fully saturated rings. The van der Waals surface area contributed by atoms with Gasteiger partial charge in [-0.3, -0.25) is 4.79 Å². The van der Waals surface area contributed by atoms with Crippen LogP contribution in [0.3, 0.4) is 0 Å². The van der Waals surface area contributed by atoms with Crippen molar-refractivity contribution in [2.75, 3.05) is 12.4 Å². The van der Waals surface area contributed by atoms with Crippen molar-refractivity contribution in [3.8, 4) is 5.75 Å². The second-order valence-electron chi connectivity index (χ2n) is 5.92. The molecule has 0 aromatic heterocycles. The number of ether oxygens (including phenoxy) is 1. The van der Waals surface area contributed by atoms with E-state index in [1.165, 1.54) is 0 Å². The molecular weight excluding hydrogens is 405 g/mol. The zero-order chi connectivity index (χ0) is 19.6. The first-order valence-electron chi connectivity index (χ1n) is 8.07. The fraction of sp³-hybridized carbons (Fsp3) is 0.158. The van der Waals surface area contributed by atoms with Gasteiger partial charge >= 0.3 is 0 Å². The van der Waals surface area contributed by atoms with E-state index in [-0.39, 0.29) is 5.91 Å². The molecule has 8 heteroatoms. The quantitative estimate of drug-likeness (QED) is 0.637. The molecule has 0 saturated heterocycles. The molecular formula is C19H17Cl2N3O2S. The van der Waals surface area contributed by atoms with Gasteiger partial charge in [0.15, 0.2) is 5.11 Å². The molecule has 1 heterocycles. The summed E-state index contributed by atoms with van der Waals surface area (Å²) in [7, 11) is 1.59. The van der Waals surface area contributed by atoms with Gasteiger partial charge in [0.05, 0.1) is 18.7 Å². The van der Waals surface area contributed by atoms with E-state index in [9.17, 15) is 4.79 Å². The highest BCUT2D eigenvalue weighted by Crippen LogP contribution is 2.33. The van der Waals surface area contributed by atoms with Gasteiger partial charge in [0.25, 0.3) is 5.91 Å². The minimum atomic E-state index is -0.498. The van der Waals surface area contributed by atoms with Gasteiger partial charge in [-0.2, -0.15) is 0 Å². The minimum Gasteiger partial charge on any atom is -0.497 e. The zero-order valence-corrected chi connectivity index (χ0v) is 16.9. The molecule has 0 radical (unpaired) electrons. The Balaban J connectivity index is 1.94. The second-order valence-corrected chi connectivity index (χ2v) is 7.17. The standard InChI is InChI=1S/C19H17Cl2N3O2S/c1-10-16(18(25)23-12-4-6-13(26-2)7-5-12)17(24-19(27)22-10)14-8-3-11(20)9-15(14)21/h3-9,17H,1-2H3,(H,23,25)(H2,22,24,27)/t17-/m0/s1. The number of thiocarbonyl (C=S) groups is 1. The van der Waals surface area contributed by atoms with Gasteiger partial charge in [0, 0.05) is 21.4 Å². The Labute approximate surface area is 172 Å². The highest BCUT2D eigenvalue weighted by Gasteiger charge is 2.31. The van der Waals surface area contributed by atoms with Crippen molar-refractivity contribution in [2.24, 2.45) is 0 Å². The maximum absolute atomic E-state index is 13.0. The lowest BCUT2D eigenvalue weighted by Crippen LogP contribution is -2.45. The number of allylic oxidation sites excluding steroid dienone is 1. The average Bonchev–Trinajstić information content (AvgIpc) is 2.61. The van der Waals surface area contributed by atoms with Crippen molar-refractivity contribution in [2.45, 2.75) is 13.0 Å². The molecule has 3 rings (SSSR count). The molecule has 5 nitrogen and oxygen atoms in total. The van der Waals surface area contributed by atoms with Gasteiger partial charge in [-0.25, -0.2) is 0 Å². The lowest BCUT2D eigenvalue weighted by atomic mass is 9.95. The van der Waals surface area contributed by atoms with Crippen LogP contribution < -0.4 is 20.7 Å². The molecule has 0 bridgehead atoms. The monoisotopic (exact) mass is 421 g/mol. The molecule has 1 amide bonds. The molecule has 140 valence electrons. The van der Waals surface area contributed by atoms with Gasteiger partial charge < -0.3 is 20.7 Å². The minimum absolute atomic E-state index is 0.267. The van der Waals surface area contributed by atoms with E-state index in [1.807, 2.05) is 0 Å². The Morgan fingerprint density at radius 1 is 1.19 bits per heavy atom. The van der Waals surface area contributed by atoms with Gasteiger partial charge in [-0.1, -0.05) is 29.3 Å². The Morgan fingerprint density at radius 2 is 1.89 bits per heavy atom. The van der Waals surface area contributed by atoms with Crippen molar-refractivity contribution in [3.63, 3.8) is 0 Å². The van der Waals surface area contributed by atoms with E-state index in [1.54, 1.807) is 56.5 Å². The lowest BCUT2D eigenvalue weighted by molar-refractivity contribution is -0.113. The largest absolute Gasteiger partial charge is 0.497 e. The number of rotatable bonds is 4. The van der Waals surface area contributed by atoms with Crippen LogP contribution in [0.25, 0.3) is 0 Å². The first-order valence-corrected chi connectivity index (χ1v) is 9.24. The van der Waals surface area contributed by atoms with Crippen molar-refractivity contribution in [1.82, 2.24) is 10.6 Å². The van der Waals surface area contributed by atoms with Crippen LogP contribution in [0.2, 0.25) is 10.0 Å². The van der Waals surface area contributed by atoms with E-state index >= 15 is 0 Å². The number of nitrogens with one attached hydrogen (secondary N) is 3. The summed E-state index contributed by atoms with van der Waals surface area (Å²) in [5.41, 5.74) is 2.50. The maximum atomic E-state index is 13.0. The van der Waals surface area contributed by atoms with Crippen LogP contribution in [0.15, 0.2) is 53.7 Å². The normalized spacial score (nSPS) is 16.4. The summed E-state index contributed by atoms with van der Waals surface area (Å²) in [6.45, 7) is 1.80. The van der Waals surface area contributed by atoms with E-state index < -0.39 is 6.04 Å². The topological polar surface area (TPSA) is 62.4 Å². The van der Waals surface area contributed by atoms with Gasteiger partial charge in [-0.15, -0.1) is 0 Å². The summed E-state index contributed by atoms with van der Waals surface area (Å²) in [6, 6.07) is 11.7. The predicted octanol–water partition coefficient (Wildman–Crippen LogP) is 4.43. The van der Waals surface area contributed by atoms with Crippen LogP contribution in [-0.4, -0.2) is 18.1 Å². The van der Waals surface area contributed by atoms with Gasteiger partial charge in [0.1, 0.15) is 5.75 Å². The highest BCUT2D eigenvalue weighted by molar-refractivity contribution is 7.80. The smallest absolute Gasteiger partial charge is 0.255 e. The van der Waals surface area contributed by atoms with Crippen LogP contribution in [0.1, 0.15) is 18.5 Å². The molecule has 0 unspecified atom stereocenters. The number of carbonyl (C=O) groups is 1. The Hall–Kier alpha value is -2.28. The lowest BCUT2D eigenvalue weighted by Gasteiger charge is -2.31. The summed E-state index contributed by atoms with van der Waals surface area (Å²) >= 11 is 17.6. The predicted molar refractivity (Wildman–Crippen MR) is 112 cm³/mol. The van der Waals surface area contributed by atoms with E-state index in [0.29, 0.717) is 43.4 Å². The Kier molecular flexibility index (Phi) is 5.89. The molecule has 1 aliphatic heterocycles. The number of halogens is 2. The molecule has 27 heavy (non-hydrogen) atoms. The van der Waals surface area contributed by atoms with Crippen LogP contribution >= 0.6 is 35.4 Å². The summed E-state index contributed by atoms with van der Waals surface area (Å²) in [6.07, 6.45) is 0. The number of benzene rings is 2. The zero-order valence-electron chi connectivity index (χ0n) is 14.6. The summed E-state index contributed by atoms with van der Waals surface area (Å²) in [5, 5.41) is 10.4. The molecule has 1 atom stereocenters. The van der Waals surface area contributed by atoms with Crippen molar-refractivity contribution < 1.29 is 9.53 Å². The van der Waals surface area contributed by atoms with Crippen molar-refractivity contribution >= 4 is 52.1 Å². The molecule has 2 aromatic rings. The number of carbonyl (C=O) groups excluding carboxylic acids is 1. The van der Waals surface area contributed by atoms with Crippen LogP contribution in [0, 0.1) is 0 Å². The molecule has 0 spiro atoms. The van der Waals surface area contributed by atoms with Crippen LogP contribution in [0.5, 0.6) is 5.75 Å². The van der Waals surface area contributed by atoms with E-state index in [2.05, 4.69) is 16.0 Å². The molecule has 0 aliphatic carbocycles. The first kappa shape index (κ1) is 19.5. The van der Waals surface area contributed by atoms with Crippen molar-refractivity contribution in [3.05, 3.63) is 69.3 Å². The first-order chi connectivity index (χ1) is 12.9. The maximum Gasteiger partial charge on any atom is 0.255 e. The highest BCUT2D eigenvalue weighted by atomic mass is 35.5. The van der Waals surface area contributed by atoms with E-state index in [4.69, 9.17) is 40.2 Å². The summed E-state index contributed by atoms with van der Waals surface area (Å²) in [5.74, 6) is 0.441. The molecule has 3 N–H and O–H groups in total. The fourth-order valence-electron chi connectivity index (χ4n) is 2.84. The third-order valence-corrected chi connectivity index (χ3v) is 4.92. The SMILES string of the molecule is COc1ccc(NC(=O)C2=C(C)NC(=S)N[C@H]2c2ccc(Cl)cc2Cl)cc1. The third kappa shape index (κ3) is 4.35. The number of methoxy groups -OCH3 is 1. The van der Waals surface area contributed by atoms with Crippen LogP contribution in [-0.2, 0) is 4.79 Å². The Morgan fingerprint density at radius 3 is 2.52 bits per heavy atom. The summed E-state index contributed by atoms with van der Waals surface area (Å²) in [4.78, 5) is 13.0. The van der Waals surface area contributed by atoms with Gasteiger partial charge in [0.2, 0.25) is 0 Å². The van der Waals surface area contributed by atoms with Crippen molar-refractivity contribution in [1.29, 1.82) is 0 Å². The number of anilines is 1. The summed E-state index contributed by atoms with van der Waals surface area (Å²) < 4.78 is 5.14. The number of hydrogen-bond acceptors (Lipinski definition) is 3. The molecule has 2 aromatic carbocycles. The third-order valence-electron chi connectivity index (χ3n) is 4.14. The Bertz CT molecular complexity index is 929. The second kappa shape index (κ2) is 8.17. The number of amides is 1. The van der Waals surface area contributed by atoms with Gasteiger partial charge in [-0.05, 0) is 61.1 Å². The van der Waals surface area contributed by atoms with Crippen LogP contribution in [0.4, 0.5) is 5.69 Å². The molecule has 1 aliphatic rings. The average molecular weight is 422 g/mol. The van der Waals surface area contributed by atoms with E-state index in [0.717, 1.165) is 0 Å². The fourth-order valence-corrected chi connectivity index (χ4v) is 3.63.